The van der Waals surface area contributed by atoms with Gasteiger partial charge in [-0.15, -0.1) is 0 Å². The van der Waals surface area contributed by atoms with E-state index < -0.39 is 19.1 Å². The molecule has 1 N–H and O–H groups in total. The summed E-state index contributed by atoms with van der Waals surface area (Å²) in [5.41, 5.74) is 3.64. The van der Waals surface area contributed by atoms with Crippen LogP contribution < -0.4 is 15.0 Å². The van der Waals surface area contributed by atoms with Gasteiger partial charge in [-0.25, -0.2) is 15.0 Å². The smallest absolute Gasteiger partial charge is 0.255 e. The number of benzene rings is 1. The molecule has 3 aliphatic rings. The Bertz CT molecular complexity index is 1700. The van der Waals surface area contributed by atoms with Crippen LogP contribution in [-0.2, 0) is 4.79 Å². The zero-order valence-corrected chi connectivity index (χ0v) is 22.4. The molecule has 1 aliphatic carbocycles. The third kappa shape index (κ3) is 5.03. The fourth-order valence-corrected chi connectivity index (χ4v) is 4.79. The number of nitrogens with zero attached hydrogens (tertiary/aromatic N) is 8. The van der Waals surface area contributed by atoms with Gasteiger partial charge in [0.1, 0.15) is 35.2 Å². The van der Waals surface area contributed by atoms with Crippen molar-refractivity contribution in [3.63, 3.8) is 0 Å². The van der Waals surface area contributed by atoms with Crippen molar-refractivity contribution >= 4 is 34.3 Å². The summed E-state index contributed by atoms with van der Waals surface area (Å²) in [4.78, 5) is 30.3. The van der Waals surface area contributed by atoms with Gasteiger partial charge in [-0.1, -0.05) is 17.4 Å². The second-order valence-electron chi connectivity index (χ2n) is 10.1. The number of carbonyl (C=O) groups excluding carboxylic acids is 1. The number of pyridine rings is 1. The highest BCUT2D eigenvalue weighted by Crippen LogP contribution is 2.31. The third-order valence-corrected chi connectivity index (χ3v) is 6.94. The number of aromatic nitrogens is 3. The number of hydrogen-bond donors (Lipinski definition) is 1. The molecular weight excluding hydrogens is 506 g/mol. The van der Waals surface area contributed by atoms with E-state index in [4.69, 9.17) is 13.8 Å². The maximum atomic E-state index is 13.0. The molecule has 0 spiro atoms. The molecule has 1 amide bonds. The fraction of sp³-hybridized carbons (Fsp3) is 0.310. The minimum absolute atomic E-state index is 0.0321. The monoisotopic (exact) mass is 540 g/mol. The van der Waals surface area contributed by atoms with Crippen LogP contribution >= 0.6 is 0 Å². The second-order valence-corrected chi connectivity index (χ2v) is 10.1. The Morgan fingerprint density at radius 1 is 1.25 bits per heavy atom. The van der Waals surface area contributed by atoms with E-state index in [9.17, 15) is 4.79 Å². The van der Waals surface area contributed by atoms with Crippen LogP contribution in [0.4, 0.5) is 17.3 Å². The lowest BCUT2D eigenvalue weighted by molar-refractivity contribution is -0.114. The average molecular weight is 541 g/mol. The minimum Gasteiger partial charge on any atom is -0.457 e. The minimum atomic E-state index is -2.36. The van der Waals surface area contributed by atoms with Gasteiger partial charge in [-0.2, -0.15) is 5.11 Å². The molecule has 1 fully saturated rings. The molecule has 11 heteroatoms. The molecule has 2 unspecified atom stereocenters. The number of rotatable bonds is 7. The molecule has 40 heavy (non-hydrogen) atoms. The maximum Gasteiger partial charge on any atom is 0.255 e. The van der Waals surface area contributed by atoms with E-state index in [0.717, 1.165) is 21.8 Å². The van der Waals surface area contributed by atoms with Crippen LogP contribution in [-0.4, -0.2) is 77.0 Å². The Kier molecular flexibility index (Phi) is 5.83. The molecule has 4 heterocycles. The molecular formula is C29H31N9O2. The van der Waals surface area contributed by atoms with Gasteiger partial charge in [0.15, 0.2) is 5.82 Å². The predicted molar refractivity (Wildman–Crippen MR) is 153 cm³/mol. The average Bonchev–Trinajstić information content (AvgIpc) is 3.56. The molecule has 204 valence electrons. The van der Waals surface area contributed by atoms with E-state index in [1.54, 1.807) is 23.1 Å². The summed E-state index contributed by atoms with van der Waals surface area (Å²) in [6.45, 7) is 0.847. The van der Waals surface area contributed by atoms with Crippen LogP contribution in [0.1, 0.15) is 16.1 Å². The van der Waals surface area contributed by atoms with Crippen LogP contribution in [0.25, 0.3) is 11.0 Å². The van der Waals surface area contributed by atoms with Crippen molar-refractivity contribution in [2.24, 2.45) is 10.3 Å². The number of fused-ring (bicyclic) bond motifs is 2. The fourth-order valence-electron chi connectivity index (χ4n) is 4.79. The molecule has 11 nitrogen and oxygen atoms in total. The van der Waals surface area contributed by atoms with Gasteiger partial charge in [0.25, 0.3) is 5.91 Å². The largest absolute Gasteiger partial charge is 0.457 e. The number of allylic oxidation sites excluding steroid dienone is 1. The summed E-state index contributed by atoms with van der Waals surface area (Å²) in [7, 11) is 3.94. The highest BCUT2D eigenvalue weighted by molar-refractivity contribution is 6.08. The lowest BCUT2D eigenvalue weighted by Crippen LogP contribution is -2.31. The third-order valence-electron chi connectivity index (χ3n) is 6.94. The van der Waals surface area contributed by atoms with Gasteiger partial charge in [-0.3, -0.25) is 14.7 Å². The van der Waals surface area contributed by atoms with Crippen molar-refractivity contribution < 1.29 is 13.6 Å². The van der Waals surface area contributed by atoms with E-state index in [1.807, 2.05) is 62.3 Å². The molecule has 2 atom stereocenters. The number of carbonyl (C=O) groups is 1. The first-order valence-corrected chi connectivity index (χ1v) is 13.0. The van der Waals surface area contributed by atoms with Crippen LogP contribution in [0.2, 0.25) is 0 Å². The van der Waals surface area contributed by atoms with Crippen LogP contribution in [0.15, 0.2) is 82.6 Å². The Balaban J connectivity index is 1.18. The molecule has 2 aliphatic heterocycles. The van der Waals surface area contributed by atoms with Crippen molar-refractivity contribution in [3.8, 4) is 5.75 Å². The van der Waals surface area contributed by atoms with E-state index in [2.05, 4.69) is 25.6 Å². The lowest BCUT2D eigenvalue weighted by Gasteiger charge is -2.21. The zero-order valence-electron chi connectivity index (χ0n) is 25.4. The molecule has 0 radical (unpaired) electrons. The normalized spacial score (nSPS) is 22.5. The summed E-state index contributed by atoms with van der Waals surface area (Å²) < 4.78 is 29.0. The van der Waals surface area contributed by atoms with Gasteiger partial charge in [0.05, 0.1) is 11.6 Å². The van der Waals surface area contributed by atoms with Crippen molar-refractivity contribution in [2.45, 2.75) is 25.4 Å². The molecule has 0 bridgehead atoms. The summed E-state index contributed by atoms with van der Waals surface area (Å²) in [6.07, 6.45) is 9.38. The standard InChI is InChI=1S/C29H31N9O2/c1-18-15-20(5-9-25(18)40-21-6-8-24-23(16-21)34-35-37(24)4)32-28-27-22(30-17-31-28)7-10-26(33-27)38-14-12-19(29(38)39)11-13-36(2)3/h5-11,15-17,23-24H,12-14H2,1-4H3,(H,30,31,32)/b19-11+/i4D3. The first kappa shape index (κ1) is 22.2. The van der Waals surface area contributed by atoms with Gasteiger partial charge < -0.3 is 15.0 Å². The topological polar surface area (TPSA) is 111 Å². The van der Waals surface area contributed by atoms with E-state index in [-0.39, 0.29) is 5.91 Å². The maximum absolute atomic E-state index is 13.0. The van der Waals surface area contributed by atoms with Crippen LogP contribution in [0.3, 0.4) is 0 Å². The number of hydrogen-bond acceptors (Lipinski definition) is 10. The highest BCUT2D eigenvalue weighted by atomic mass is 16.5. The number of amides is 1. The number of aryl methyl sites for hydroxylation is 1. The molecule has 0 saturated carbocycles. The van der Waals surface area contributed by atoms with Crippen molar-refractivity contribution in [2.75, 3.05) is 44.4 Å². The second kappa shape index (κ2) is 10.5. The highest BCUT2D eigenvalue weighted by Gasteiger charge is 2.30. The molecule has 1 aromatic carbocycles. The predicted octanol–water partition coefficient (Wildman–Crippen LogP) is 4.18. The van der Waals surface area contributed by atoms with E-state index in [1.165, 1.54) is 6.33 Å². The Hall–Kier alpha value is -4.64. The van der Waals surface area contributed by atoms with Crippen LogP contribution in [0, 0.1) is 6.92 Å². The van der Waals surface area contributed by atoms with Crippen LogP contribution in [0.5, 0.6) is 5.75 Å². The van der Waals surface area contributed by atoms with E-state index in [0.29, 0.717) is 53.7 Å². The van der Waals surface area contributed by atoms with E-state index >= 15 is 0 Å². The molecule has 1 saturated heterocycles. The summed E-state index contributed by atoms with van der Waals surface area (Å²) in [5.74, 6) is 2.25. The summed E-state index contributed by atoms with van der Waals surface area (Å²) in [5, 5.41) is 12.3. The van der Waals surface area contributed by atoms with Crippen molar-refractivity contribution in [3.05, 3.63) is 77.9 Å². The summed E-state index contributed by atoms with van der Waals surface area (Å²) >= 11 is 0. The zero-order chi connectivity index (χ0) is 30.3. The Morgan fingerprint density at radius 3 is 2.98 bits per heavy atom. The summed E-state index contributed by atoms with van der Waals surface area (Å²) in [6, 6.07) is 8.41. The number of ether oxygens (including phenoxy) is 1. The van der Waals surface area contributed by atoms with Crippen molar-refractivity contribution in [1.82, 2.24) is 24.9 Å². The molecule has 6 rings (SSSR count). The Morgan fingerprint density at radius 2 is 2.15 bits per heavy atom. The SMILES string of the molecule is [2H]C([2H])([2H])N1N=NC2C=C(Oc3ccc(Nc4ncnc5ccc(N6CC/C(=C\CN(C)C)C6=O)nc45)cc3C)C=CC21. The Labute approximate surface area is 236 Å². The van der Waals surface area contributed by atoms with Gasteiger partial charge in [0, 0.05) is 35.4 Å². The van der Waals surface area contributed by atoms with Gasteiger partial charge in [-0.05, 0) is 75.5 Å². The van der Waals surface area contributed by atoms with Crippen molar-refractivity contribution in [1.29, 1.82) is 0 Å². The molecule has 3 aromatic rings. The first-order chi connectivity index (χ1) is 20.6. The quantitative estimate of drug-likeness (QED) is 0.444. The number of likely N-dealkylation sites (N-methyl/N-ethyl adjacent to an activating group) is 2. The number of nitrogens with one attached hydrogen (secondary N) is 1. The first-order valence-electron chi connectivity index (χ1n) is 14.5. The number of anilines is 3. The molecule has 2 aromatic heterocycles. The lowest BCUT2D eigenvalue weighted by atomic mass is 10.0. The van der Waals surface area contributed by atoms with Gasteiger partial charge >= 0.3 is 0 Å². The van der Waals surface area contributed by atoms with Gasteiger partial charge in [0.2, 0.25) is 0 Å².